The van der Waals surface area contributed by atoms with Crippen LogP contribution in [0.15, 0.2) is 36.4 Å². The standard InChI is InChI=1S/C17H20N6O/c1-10-15(11(2)21-20-10)16(18)17(24)19-9-13-8-14(23-22-13)12-6-4-3-5-7-12/h3-8,16H,9,18H2,1-2H3,(H,19,24)(H,20,21)(H,22,23)/t16-/m0/s1. The number of hydrogen-bond acceptors (Lipinski definition) is 4. The molecule has 7 heteroatoms. The highest BCUT2D eigenvalue weighted by Gasteiger charge is 2.21. The Balaban J connectivity index is 1.64. The second-order valence-corrected chi connectivity index (χ2v) is 5.69. The normalized spacial score (nSPS) is 12.1. The molecule has 0 aliphatic heterocycles. The van der Waals surface area contributed by atoms with Gasteiger partial charge in [-0.05, 0) is 19.9 Å². The zero-order chi connectivity index (χ0) is 17.1. The highest BCUT2D eigenvalue weighted by atomic mass is 16.2. The van der Waals surface area contributed by atoms with Gasteiger partial charge in [0, 0.05) is 16.8 Å². The first-order valence-electron chi connectivity index (χ1n) is 7.70. The van der Waals surface area contributed by atoms with Crippen LogP contribution in [-0.2, 0) is 11.3 Å². The van der Waals surface area contributed by atoms with Crippen LogP contribution in [0.25, 0.3) is 11.3 Å². The first-order valence-corrected chi connectivity index (χ1v) is 7.70. The average Bonchev–Trinajstić information content (AvgIpc) is 3.20. The molecule has 0 saturated heterocycles. The third-order valence-corrected chi connectivity index (χ3v) is 3.93. The van der Waals surface area contributed by atoms with Gasteiger partial charge in [-0.1, -0.05) is 30.3 Å². The number of aromatic nitrogens is 4. The first kappa shape index (κ1) is 15.9. The number of aromatic amines is 2. The van der Waals surface area contributed by atoms with Crippen molar-refractivity contribution in [2.24, 2.45) is 5.73 Å². The van der Waals surface area contributed by atoms with Crippen molar-refractivity contribution in [3.05, 3.63) is 59.0 Å². The summed E-state index contributed by atoms with van der Waals surface area (Å²) in [5, 5.41) is 16.9. The van der Waals surface area contributed by atoms with Gasteiger partial charge >= 0.3 is 0 Å². The lowest BCUT2D eigenvalue weighted by atomic mass is 10.1. The minimum atomic E-state index is -0.750. The number of amides is 1. The number of aryl methyl sites for hydroxylation is 2. The highest BCUT2D eigenvalue weighted by Crippen LogP contribution is 2.19. The maximum absolute atomic E-state index is 12.3. The molecule has 24 heavy (non-hydrogen) atoms. The van der Waals surface area contributed by atoms with E-state index in [1.165, 1.54) is 0 Å². The van der Waals surface area contributed by atoms with Crippen molar-refractivity contribution in [1.29, 1.82) is 0 Å². The summed E-state index contributed by atoms with van der Waals surface area (Å²) >= 11 is 0. The van der Waals surface area contributed by atoms with Gasteiger partial charge in [0.05, 0.1) is 23.6 Å². The van der Waals surface area contributed by atoms with Gasteiger partial charge in [-0.25, -0.2) is 0 Å². The number of benzene rings is 1. The molecule has 0 bridgehead atoms. The smallest absolute Gasteiger partial charge is 0.241 e. The third-order valence-electron chi connectivity index (χ3n) is 3.93. The lowest BCUT2D eigenvalue weighted by Gasteiger charge is -2.12. The van der Waals surface area contributed by atoms with E-state index >= 15 is 0 Å². The minimum absolute atomic E-state index is 0.251. The largest absolute Gasteiger partial charge is 0.349 e. The van der Waals surface area contributed by atoms with Crippen molar-refractivity contribution in [2.45, 2.75) is 26.4 Å². The van der Waals surface area contributed by atoms with Gasteiger partial charge in [-0.3, -0.25) is 15.0 Å². The van der Waals surface area contributed by atoms with Crippen LogP contribution in [0, 0.1) is 13.8 Å². The van der Waals surface area contributed by atoms with Crippen molar-refractivity contribution >= 4 is 5.91 Å². The Bertz CT molecular complexity index is 816. The van der Waals surface area contributed by atoms with Gasteiger partial charge < -0.3 is 11.1 Å². The van der Waals surface area contributed by atoms with E-state index in [4.69, 9.17) is 5.73 Å². The molecule has 0 radical (unpaired) electrons. The van der Waals surface area contributed by atoms with Crippen LogP contribution in [0.5, 0.6) is 0 Å². The van der Waals surface area contributed by atoms with Crippen LogP contribution in [0.3, 0.4) is 0 Å². The Morgan fingerprint density at radius 3 is 2.62 bits per heavy atom. The van der Waals surface area contributed by atoms with Crippen LogP contribution in [0.4, 0.5) is 0 Å². The molecule has 124 valence electrons. The Morgan fingerprint density at radius 2 is 1.96 bits per heavy atom. The number of carbonyl (C=O) groups is 1. The van der Waals surface area contributed by atoms with E-state index in [1.807, 2.05) is 50.2 Å². The summed E-state index contributed by atoms with van der Waals surface area (Å²) < 4.78 is 0. The lowest BCUT2D eigenvalue weighted by molar-refractivity contribution is -0.122. The fourth-order valence-electron chi connectivity index (χ4n) is 2.65. The number of carbonyl (C=O) groups excluding carboxylic acids is 1. The van der Waals surface area contributed by atoms with Crippen molar-refractivity contribution in [1.82, 2.24) is 25.7 Å². The fourth-order valence-corrected chi connectivity index (χ4v) is 2.65. The maximum Gasteiger partial charge on any atom is 0.241 e. The molecule has 3 aromatic rings. The van der Waals surface area contributed by atoms with Gasteiger partial charge in [0.2, 0.25) is 5.91 Å². The van der Waals surface area contributed by atoms with Crippen LogP contribution in [0.1, 0.15) is 28.7 Å². The number of nitrogens with zero attached hydrogens (tertiary/aromatic N) is 2. The van der Waals surface area contributed by atoms with E-state index in [0.717, 1.165) is 33.9 Å². The topological polar surface area (TPSA) is 112 Å². The molecule has 1 atom stereocenters. The Morgan fingerprint density at radius 1 is 1.21 bits per heavy atom. The molecule has 0 fully saturated rings. The van der Waals surface area contributed by atoms with Crippen molar-refractivity contribution < 1.29 is 4.79 Å². The van der Waals surface area contributed by atoms with Crippen LogP contribution in [-0.4, -0.2) is 26.3 Å². The number of hydrogen-bond donors (Lipinski definition) is 4. The number of H-pyrrole nitrogens is 2. The predicted octanol–water partition coefficient (Wildman–Crippen LogP) is 1.73. The molecule has 0 aliphatic carbocycles. The van der Waals surface area contributed by atoms with Gasteiger partial charge in [0.15, 0.2) is 0 Å². The molecule has 1 aromatic carbocycles. The monoisotopic (exact) mass is 324 g/mol. The SMILES string of the molecule is Cc1n[nH]c(C)c1[C@H](N)C(=O)NCc1cc(-c2ccccc2)n[nH]1. The number of rotatable bonds is 5. The number of nitrogens with two attached hydrogens (primary N) is 1. The van der Waals surface area contributed by atoms with E-state index in [0.29, 0.717) is 6.54 Å². The summed E-state index contributed by atoms with van der Waals surface area (Å²) in [5.74, 6) is -0.251. The van der Waals surface area contributed by atoms with E-state index in [9.17, 15) is 4.79 Å². The first-order chi connectivity index (χ1) is 11.6. The summed E-state index contributed by atoms with van der Waals surface area (Å²) in [4.78, 5) is 12.3. The lowest BCUT2D eigenvalue weighted by Crippen LogP contribution is -2.34. The van der Waals surface area contributed by atoms with Gasteiger partial charge in [-0.2, -0.15) is 10.2 Å². The Labute approximate surface area is 139 Å². The summed E-state index contributed by atoms with van der Waals surface area (Å²) in [6.07, 6.45) is 0. The molecule has 7 nitrogen and oxygen atoms in total. The summed E-state index contributed by atoms with van der Waals surface area (Å²) in [6.45, 7) is 4.01. The van der Waals surface area contributed by atoms with Crippen molar-refractivity contribution in [3.63, 3.8) is 0 Å². The quantitative estimate of drug-likeness (QED) is 0.572. The highest BCUT2D eigenvalue weighted by molar-refractivity contribution is 5.83. The van der Waals surface area contributed by atoms with Crippen LogP contribution in [0.2, 0.25) is 0 Å². The van der Waals surface area contributed by atoms with Crippen LogP contribution >= 0.6 is 0 Å². The van der Waals surface area contributed by atoms with E-state index in [1.54, 1.807) is 0 Å². The summed E-state index contributed by atoms with van der Waals surface area (Å²) in [5.41, 5.74) is 11.0. The fraction of sp³-hybridized carbons (Fsp3) is 0.235. The van der Waals surface area contributed by atoms with E-state index in [-0.39, 0.29) is 5.91 Å². The van der Waals surface area contributed by atoms with Crippen molar-refractivity contribution in [2.75, 3.05) is 0 Å². The molecule has 0 saturated carbocycles. The predicted molar refractivity (Wildman–Crippen MR) is 90.9 cm³/mol. The van der Waals surface area contributed by atoms with Gasteiger partial charge in [0.25, 0.3) is 0 Å². The summed E-state index contributed by atoms with van der Waals surface area (Å²) in [7, 11) is 0. The molecular formula is C17H20N6O. The zero-order valence-corrected chi connectivity index (χ0v) is 13.6. The van der Waals surface area contributed by atoms with E-state index in [2.05, 4.69) is 25.7 Å². The molecule has 1 amide bonds. The molecule has 2 heterocycles. The average molecular weight is 324 g/mol. The molecule has 0 aliphatic rings. The Kier molecular flexibility index (Phi) is 4.43. The second kappa shape index (κ2) is 6.67. The number of nitrogens with one attached hydrogen (secondary N) is 3. The van der Waals surface area contributed by atoms with Gasteiger partial charge in [-0.15, -0.1) is 0 Å². The third kappa shape index (κ3) is 3.21. The molecule has 0 spiro atoms. The summed E-state index contributed by atoms with van der Waals surface area (Å²) in [6, 6.07) is 11.0. The molecule has 0 unspecified atom stereocenters. The zero-order valence-electron chi connectivity index (χ0n) is 13.6. The second-order valence-electron chi connectivity index (χ2n) is 5.69. The van der Waals surface area contributed by atoms with Crippen LogP contribution < -0.4 is 11.1 Å². The molecular weight excluding hydrogens is 304 g/mol. The molecule has 5 N–H and O–H groups in total. The Hall–Kier alpha value is -2.93. The minimum Gasteiger partial charge on any atom is -0.349 e. The van der Waals surface area contributed by atoms with Gasteiger partial charge in [0.1, 0.15) is 6.04 Å². The molecule has 3 rings (SSSR count). The van der Waals surface area contributed by atoms with Crippen molar-refractivity contribution in [3.8, 4) is 11.3 Å². The maximum atomic E-state index is 12.3. The van der Waals surface area contributed by atoms with E-state index < -0.39 is 6.04 Å². The molecule has 2 aromatic heterocycles.